The quantitative estimate of drug-likeness (QED) is 0.431. The van der Waals surface area contributed by atoms with E-state index in [9.17, 15) is 0 Å². The molecule has 2 aliphatic carbocycles. The second kappa shape index (κ2) is 9.32. The molecule has 0 bridgehead atoms. The molecule has 1 aromatic carbocycles. The van der Waals surface area contributed by atoms with Crippen molar-refractivity contribution in [2.24, 2.45) is 0 Å². The van der Waals surface area contributed by atoms with E-state index in [2.05, 4.69) is 71.9 Å². The van der Waals surface area contributed by atoms with Crippen LogP contribution in [0.15, 0.2) is 52.1 Å². The average molecular weight is 637 g/mol. The zero-order valence-electron chi connectivity index (χ0n) is 16.1. The van der Waals surface area contributed by atoms with Gasteiger partial charge >= 0.3 is 154 Å². The monoisotopic (exact) mass is 636 g/mol. The van der Waals surface area contributed by atoms with Gasteiger partial charge in [0.05, 0.1) is 0 Å². The van der Waals surface area contributed by atoms with Gasteiger partial charge in [0.2, 0.25) is 0 Å². The predicted molar refractivity (Wildman–Crippen MR) is 97.2 cm³/mol. The summed E-state index contributed by atoms with van der Waals surface area (Å²) in [5.74, 6) is 0. The first-order chi connectivity index (χ1) is 10.9. The Morgan fingerprint density at radius 1 is 0.960 bits per heavy atom. The molecule has 0 aromatic heterocycles. The predicted octanol–water partition coefficient (Wildman–Crippen LogP) is 0.880. The summed E-state index contributed by atoms with van der Waals surface area (Å²) >= 11 is -0.701. The summed E-state index contributed by atoms with van der Waals surface area (Å²) in [6.07, 6.45) is 5.02. The van der Waals surface area contributed by atoms with Gasteiger partial charge in [-0.1, -0.05) is 0 Å². The Morgan fingerprint density at radius 2 is 1.52 bits per heavy atom. The van der Waals surface area contributed by atoms with Gasteiger partial charge in [0.1, 0.15) is 0 Å². The van der Waals surface area contributed by atoms with Crippen LogP contribution in [-0.4, -0.2) is 0 Å². The van der Waals surface area contributed by atoms with Crippen molar-refractivity contribution in [2.45, 2.75) is 61.1 Å². The molecule has 3 rings (SSSR count). The maximum Gasteiger partial charge on any atom is -1.00 e. The Morgan fingerprint density at radius 3 is 2.08 bits per heavy atom. The van der Waals surface area contributed by atoms with E-state index in [1.807, 2.05) is 0 Å². The van der Waals surface area contributed by atoms with Crippen LogP contribution in [0.2, 0.25) is 3.12 Å². The number of hydrogen-bond acceptors (Lipinski definition) is 0. The molecule has 0 aliphatic heterocycles. The standard InChI is InChI=1S/C12H13.C10H15.2HI.Zr/c1-2-5-10-8-11-6-3-4-7-12(11)9-10;1-6-7(2)9(4)10(5)8(6)3;;;/h3-4,6-9H,2,5H2,1H3;1-5H3;2*1H;/q;;;;+2/p-2. The minimum Gasteiger partial charge on any atom is -1.00 e. The van der Waals surface area contributed by atoms with Crippen molar-refractivity contribution in [2.75, 3.05) is 0 Å². The third-order valence-electron chi connectivity index (χ3n) is 6.18. The first kappa shape index (κ1) is 23.8. The van der Waals surface area contributed by atoms with Crippen LogP contribution < -0.4 is 48.0 Å². The molecule has 3 heteroatoms. The Bertz CT molecular complexity index is 716. The van der Waals surface area contributed by atoms with Crippen LogP contribution in [0.4, 0.5) is 0 Å². The molecule has 0 N–H and O–H groups in total. The van der Waals surface area contributed by atoms with Gasteiger partial charge in [0.15, 0.2) is 0 Å². The average Bonchev–Trinajstić information content (AvgIpc) is 2.95. The topological polar surface area (TPSA) is 0 Å². The third-order valence-corrected chi connectivity index (χ3v) is 11.8. The Labute approximate surface area is 199 Å². The molecule has 0 radical (unpaired) electrons. The fourth-order valence-corrected chi connectivity index (χ4v) is 9.61. The number of hydrogen-bond donors (Lipinski definition) is 0. The number of fused-ring (bicyclic) bond motifs is 1. The fraction of sp³-hybridized carbons (Fsp3) is 0.455. The molecule has 2 aliphatic rings. The smallest absolute Gasteiger partial charge is 1.00 e. The fourth-order valence-electron chi connectivity index (χ4n) is 4.16. The summed E-state index contributed by atoms with van der Waals surface area (Å²) in [7, 11) is 0. The SMILES string of the molecule is CCCC1=Cc2ccccc2[CH]1[Zr+2][C]1(C)C(C)=C(C)C(C)=C1C.[I-].[I-]. The molecule has 0 heterocycles. The van der Waals surface area contributed by atoms with Gasteiger partial charge in [-0.15, -0.1) is 0 Å². The van der Waals surface area contributed by atoms with E-state index in [1.54, 1.807) is 33.4 Å². The molecule has 0 saturated heterocycles. The van der Waals surface area contributed by atoms with Crippen molar-refractivity contribution in [1.29, 1.82) is 0 Å². The Hall–Kier alpha value is 0.783. The Balaban J connectivity index is 0.00000156. The van der Waals surface area contributed by atoms with Crippen molar-refractivity contribution in [3.63, 3.8) is 0 Å². The van der Waals surface area contributed by atoms with E-state index in [-0.39, 0.29) is 48.0 Å². The zero-order chi connectivity index (χ0) is 16.8. The molecule has 0 nitrogen and oxygen atoms in total. The van der Waals surface area contributed by atoms with E-state index < -0.39 is 23.2 Å². The number of benzene rings is 1. The van der Waals surface area contributed by atoms with Gasteiger partial charge in [-0.3, -0.25) is 0 Å². The van der Waals surface area contributed by atoms with E-state index in [0.717, 1.165) is 3.63 Å². The zero-order valence-corrected chi connectivity index (χ0v) is 22.9. The van der Waals surface area contributed by atoms with Crippen LogP contribution in [0, 0.1) is 0 Å². The van der Waals surface area contributed by atoms with Crippen molar-refractivity contribution in [3.8, 4) is 0 Å². The third kappa shape index (κ3) is 4.13. The molecule has 0 saturated carbocycles. The minimum absolute atomic E-state index is 0. The molecule has 0 fully saturated rings. The van der Waals surface area contributed by atoms with E-state index in [1.165, 1.54) is 18.4 Å². The summed E-state index contributed by atoms with van der Waals surface area (Å²) in [6.45, 7) is 14.3. The number of rotatable bonds is 4. The molecular formula is C22H28I2Zr. The molecule has 0 amide bonds. The molecule has 25 heavy (non-hydrogen) atoms. The molecule has 1 unspecified atom stereocenters. The summed E-state index contributed by atoms with van der Waals surface area (Å²) in [5.41, 5.74) is 11.2. The van der Waals surface area contributed by atoms with Gasteiger partial charge in [0, 0.05) is 0 Å². The van der Waals surface area contributed by atoms with Gasteiger partial charge in [-0.25, -0.2) is 0 Å². The van der Waals surface area contributed by atoms with Gasteiger partial charge in [-0.05, 0) is 0 Å². The second-order valence-electron chi connectivity index (χ2n) is 7.30. The van der Waals surface area contributed by atoms with Crippen molar-refractivity contribution < 1.29 is 71.2 Å². The molecule has 0 spiro atoms. The van der Waals surface area contributed by atoms with Crippen LogP contribution in [0.5, 0.6) is 0 Å². The van der Waals surface area contributed by atoms with Gasteiger partial charge in [0.25, 0.3) is 0 Å². The van der Waals surface area contributed by atoms with E-state index in [0.29, 0.717) is 3.12 Å². The number of halogens is 2. The van der Waals surface area contributed by atoms with Crippen LogP contribution in [-0.2, 0) is 23.2 Å². The summed E-state index contributed by atoms with van der Waals surface area (Å²) in [5, 5.41) is 0. The Kier molecular flexibility index (Phi) is 8.88. The summed E-state index contributed by atoms with van der Waals surface area (Å²) in [6, 6.07) is 9.11. The first-order valence-corrected chi connectivity index (χ1v) is 11.5. The summed E-state index contributed by atoms with van der Waals surface area (Å²) < 4.78 is 1.13. The van der Waals surface area contributed by atoms with Crippen LogP contribution in [0.25, 0.3) is 6.08 Å². The largest absolute Gasteiger partial charge is 1.00 e. The molecular weight excluding hydrogens is 609 g/mol. The van der Waals surface area contributed by atoms with Crippen LogP contribution in [0.1, 0.15) is 69.1 Å². The first-order valence-electron chi connectivity index (χ1n) is 8.83. The van der Waals surface area contributed by atoms with E-state index >= 15 is 0 Å². The normalized spacial score (nSPS) is 20.6. The van der Waals surface area contributed by atoms with E-state index in [4.69, 9.17) is 0 Å². The minimum atomic E-state index is -0.701. The molecule has 1 aromatic rings. The maximum absolute atomic E-state index is 2.54. The van der Waals surface area contributed by atoms with Gasteiger partial charge in [-0.2, -0.15) is 0 Å². The number of allylic oxidation sites excluding steroid dienone is 5. The summed E-state index contributed by atoms with van der Waals surface area (Å²) in [4.78, 5) is 0. The van der Waals surface area contributed by atoms with Crippen molar-refractivity contribution in [1.82, 2.24) is 0 Å². The van der Waals surface area contributed by atoms with Crippen LogP contribution in [0.3, 0.4) is 0 Å². The molecule has 134 valence electrons. The maximum atomic E-state index is 2.54. The molecule has 1 atom stereocenters. The van der Waals surface area contributed by atoms with Gasteiger partial charge < -0.3 is 48.0 Å². The van der Waals surface area contributed by atoms with Crippen molar-refractivity contribution >= 4 is 6.08 Å². The van der Waals surface area contributed by atoms with Crippen LogP contribution >= 0.6 is 0 Å². The second-order valence-corrected chi connectivity index (χ2v) is 11.9. The van der Waals surface area contributed by atoms with Crippen molar-refractivity contribution in [3.05, 3.63) is 63.3 Å².